The molecule has 8 nitrogen and oxygen atoms in total. The van der Waals surface area contributed by atoms with Crippen LogP contribution >= 0.6 is 11.6 Å². The minimum atomic E-state index is -2.76. The summed E-state index contributed by atoms with van der Waals surface area (Å²) in [6, 6.07) is 10.4. The van der Waals surface area contributed by atoms with Gasteiger partial charge in [-0.15, -0.1) is 0 Å². The fraction of sp³-hybridized carbons (Fsp3) is 0.333. The first-order valence-corrected chi connectivity index (χ1v) is 9.84. The van der Waals surface area contributed by atoms with Crippen LogP contribution < -0.4 is 14.8 Å². The molecule has 2 aromatic rings. The molecule has 0 spiro atoms. The number of fused-ring (bicyclic) bond motifs is 2. The van der Waals surface area contributed by atoms with Gasteiger partial charge in [-0.3, -0.25) is 0 Å². The predicted octanol–water partition coefficient (Wildman–Crippen LogP) is 2.16. The second kappa shape index (κ2) is 7.79. The van der Waals surface area contributed by atoms with Crippen LogP contribution in [-0.2, 0) is 22.4 Å². The maximum atomic E-state index is 11.4. The molecule has 2 aromatic carbocycles. The first-order valence-electron chi connectivity index (χ1n) is 9.46. The number of benzene rings is 2. The summed E-state index contributed by atoms with van der Waals surface area (Å²) in [7, 11) is 0. The zero-order valence-corrected chi connectivity index (χ0v) is 16.6. The van der Waals surface area contributed by atoms with Gasteiger partial charge in [0.05, 0.1) is 6.10 Å². The Balaban J connectivity index is 1.44. The third-order valence-electron chi connectivity index (χ3n) is 5.40. The Kier molecular flexibility index (Phi) is 5.31. The molecule has 0 aromatic heterocycles. The third-order valence-corrected chi connectivity index (χ3v) is 5.63. The second-order valence-electron chi connectivity index (χ2n) is 7.42. The molecule has 158 valence electrons. The Morgan fingerprint density at radius 2 is 1.80 bits per heavy atom. The fourth-order valence-corrected chi connectivity index (χ4v) is 4.00. The standard InChI is InChI=1S/C21H20ClNO7/c22-14-3-1-2-12(6-14)16(24)10-23-15-5-4-11-8-17-18(9-13(11)7-15)30-21(29-17,19(25)26)20(27)28/h1-3,6,8-9,15-16,23-24H,4-5,7,10H2,(H,25,26)(H,27,28)/t15-,16+/m1/s1. The van der Waals surface area contributed by atoms with Gasteiger partial charge in [0.1, 0.15) is 0 Å². The van der Waals surface area contributed by atoms with Crippen LogP contribution in [0.1, 0.15) is 29.2 Å². The summed E-state index contributed by atoms with van der Waals surface area (Å²) in [5, 5.41) is 32.8. The first kappa shape index (κ1) is 20.5. The van der Waals surface area contributed by atoms with E-state index in [2.05, 4.69) is 5.32 Å². The molecule has 0 unspecified atom stereocenters. The molecule has 1 aliphatic heterocycles. The van der Waals surface area contributed by atoms with Crippen LogP contribution in [0.5, 0.6) is 11.5 Å². The van der Waals surface area contributed by atoms with Gasteiger partial charge in [0, 0.05) is 17.6 Å². The fourth-order valence-electron chi connectivity index (χ4n) is 3.80. The van der Waals surface area contributed by atoms with Crippen LogP contribution in [0.15, 0.2) is 36.4 Å². The average Bonchev–Trinajstić information content (AvgIpc) is 3.10. The van der Waals surface area contributed by atoms with Crippen molar-refractivity contribution in [3.05, 3.63) is 58.1 Å². The summed E-state index contributed by atoms with van der Waals surface area (Å²) in [6.07, 6.45) is 1.43. The minimum absolute atomic E-state index is 0.0930. The first-order chi connectivity index (χ1) is 14.3. The van der Waals surface area contributed by atoms with Crippen molar-refractivity contribution >= 4 is 23.5 Å². The minimum Gasteiger partial charge on any atom is -0.475 e. The molecule has 1 heterocycles. The Bertz CT molecular complexity index is 995. The molecule has 30 heavy (non-hydrogen) atoms. The van der Waals surface area contributed by atoms with E-state index in [4.69, 9.17) is 21.1 Å². The van der Waals surface area contributed by atoms with Gasteiger partial charge in [-0.25, -0.2) is 9.59 Å². The summed E-state index contributed by atoms with van der Waals surface area (Å²) in [6.45, 7) is 0.353. The number of aliphatic hydroxyl groups is 1. The normalized spacial score (nSPS) is 19.7. The summed E-state index contributed by atoms with van der Waals surface area (Å²) in [5.74, 6) is -6.00. The number of rotatable bonds is 6. The SMILES string of the molecule is O=C(O)C1(C(=O)O)Oc2cc3c(cc2O1)C[C@H](NC[C@H](O)c1cccc(Cl)c1)CC3. The van der Waals surface area contributed by atoms with Crippen LogP contribution in [0, 0.1) is 0 Å². The highest BCUT2D eigenvalue weighted by Gasteiger charge is 2.57. The highest BCUT2D eigenvalue weighted by molar-refractivity contribution is 6.30. The molecule has 4 rings (SSSR count). The summed E-state index contributed by atoms with van der Waals surface area (Å²) >= 11 is 5.97. The molecule has 0 radical (unpaired) electrons. The van der Waals surface area contributed by atoms with Crippen molar-refractivity contribution in [2.45, 2.75) is 37.2 Å². The third kappa shape index (κ3) is 3.69. The second-order valence-corrected chi connectivity index (χ2v) is 7.85. The number of carboxylic acids is 2. The Labute approximate surface area is 177 Å². The molecule has 0 saturated carbocycles. The lowest BCUT2D eigenvalue weighted by molar-refractivity contribution is -0.194. The van der Waals surface area contributed by atoms with Gasteiger partial charge in [0.2, 0.25) is 0 Å². The van der Waals surface area contributed by atoms with Crippen molar-refractivity contribution in [1.82, 2.24) is 5.32 Å². The smallest absolute Gasteiger partial charge is 0.453 e. The molecular formula is C21H20ClNO7. The monoisotopic (exact) mass is 433 g/mol. The van der Waals surface area contributed by atoms with E-state index in [-0.39, 0.29) is 17.5 Å². The number of hydrogen-bond acceptors (Lipinski definition) is 6. The maximum absolute atomic E-state index is 11.4. The molecule has 0 bridgehead atoms. The van der Waals surface area contributed by atoms with Gasteiger partial charge in [0.15, 0.2) is 11.5 Å². The van der Waals surface area contributed by atoms with Crippen LogP contribution in [0.25, 0.3) is 0 Å². The van der Waals surface area contributed by atoms with Crippen molar-refractivity contribution in [3.8, 4) is 11.5 Å². The lowest BCUT2D eigenvalue weighted by Crippen LogP contribution is -2.54. The van der Waals surface area contributed by atoms with E-state index < -0.39 is 23.8 Å². The van der Waals surface area contributed by atoms with E-state index in [1.54, 1.807) is 30.3 Å². The van der Waals surface area contributed by atoms with Crippen molar-refractivity contribution < 1.29 is 34.4 Å². The highest BCUT2D eigenvalue weighted by Crippen LogP contribution is 2.43. The number of hydrogen-bond donors (Lipinski definition) is 4. The number of halogens is 1. The molecule has 2 atom stereocenters. The molecule has 9 heteroatoms. The zero-order valence-electron chi connectivity index (χ0n) is 15.8. The van der Waals surface area contributed by atoms with Crippen molar-refractivity contribution in [3.63, 3.8) is 0 Å². The number of ether oxygens (including phenoxy) is 2. The number of aryl methyl sites for hydroxylation is 1. The number of nitrogens with one attached hydrogen (secondary N) is 1. The Morgan fingerprint density at radius 1 is 1.13 bits per heavy atom. The van der Waals surface area contributed by atoms with Crippen molar-refractivity contribution in [1.29, 1.82) is 0 Å². The summed E-state index contributed by atoms with van der Waals surface area (Å²) in [5.41, 5.74) is 2.61. The molecule has 2 aliphatic rings. The van der Waals surface area contributed by atoms with Gasteiger partial charge in [-0.05, 0) is 60.2 Å². The van der Waals surface area contributed by atoms with Crippen molar-refractivity contribution in [2.75, 3.05) is 6.54 Å². The summed E-state index contributed by atoms with van der Waals surface area (Å²) in [4.78, 5) is 22.8. The maximum Gasteiger partial charge on any atom is 0.453 e. The van der Waals surface area contributed by atoms with Gasteiger partial charge >= 0.3 is 17.7 Å². The highest BCUT2D eigenvalue weighted by atomic mass is 35.5. The number of carboxylic acid groups (broad SMARTS) is 2. The van der Waals surface area contributed by atoms with Crippen LogP contribution in [0.3, 0.4) is 0 Å². The van der Waals surface area contributed by atoms with E-state index >= 15 is 0 Å². The summed E-state index contributed by atoms with van der Waals surface area (Å²) < 4.78 is 10.4. The average molecular weight is 434 g/mol. The zero-order chi connectivity index (χ0) is 21.5. The lowest BCUT2D eigenvalue weighted by atomic mass is 9.87. The predicted molar refractivity (Wildman–Crippen MR) is 106 cm³/mol. The molecule has 0 saturated heterocycles. The molecule has 4 N–H and O–H groups in total. The Hall–Kier alpha value is -2.81. The lowest BCUT2D eigenvalue weighted by Gasteiger charge is -2.27. The van der Waals surface area contributed by atoms with Gasteiger partial charge < -0.3 is 30.1 Å². The van der Waals surface area contributed by atoms with E-state index in [9.17, 15) is 24.9 Å². The van der Waals surface area contributed by atoms with E-state index in [0.717, 1.165) is 23.1 Å². The van der Waals surface area contributed by atoms with E-state index in [1.165, 1.54) is 0 Å². The number of aliphatic carboxylic acids is 2. The quantitative estimate of drug-likeness (QED) is 0.511. The number of carbonyl (C=O) groups is 2. The van der Waals surface area contributed by atoms with Crippen LogP contribution in [-0.4, -0.2) is 45.6 Å². The largest absolute Gasteiger partial charge is 0.475 e. The van der Waals surface area contributed by atoms with E-state index in [1.807, 2.05) is 6.07 Å². The molecular weight excluding hydrogens is 414 g/mol. The number of aliphatic hydroxyl groups excluding tert-OH is 1. The molecule has 0 amide bonds. The Morgan fingerprint density at radius 3 is 2.43 bits per heavy atom. The van der Waals surface area contributed by atoms with Crippen LogP contribution in [0.4, 0.5) is 0 Å². The van der Waals surface area contributed by atoms with Gasteiger partial charge in [0.25, 0.3) is 0 Å². The topological polar surface area (TPSA) is 125 Å². The van der Waals surface area contributed by atoms with Crippen LogP contribution in [0.2, 0.25) is 5.02 Å². The van der Waals surface area contributed by atoms with Gasteiger partial charge in [-0.2, -0.15) is 0 Å². The molecule has 0 fully saturated rings. The van der Waals surface area contributed by atoms with Crippen molar-refractivity contribution in [2.24, 2.45) is 0 Å². The van der Waals surface area contributed by atoms with E-state index in [0.29, 0.717) is 24.4 Å². The molecule has 1 aliphatic carbocycles. The van der Waals surface area contributed by atoms with Gasteiger partial charge in [-0.1, -0.05) is 23.7 Å².